The number of ether oxygens (including phenoxy) is 1. The second-order valence-electron chi connectivity index (χ2n) is 4.91. The lowest BCUT2D eigenvalue weighted by molar-refractivity contribution is -0.117. The van der Waals surface area contributed by atoms with Crippen LogP contribution in [0, 0.1) is 0 Å². The maximum atomic E-state index is 12.1. The smallest absolute Gasteiger partial charge is 0.232 e. The molecule has 0 saturated heterocycles. The Morgan fingerprint density at radius 3 is 2.60 bits per heavy atom. The summed E-state index contributed by atoms with van der Waals surface area (Å²) in [4.78, 5) is 12.1. The van der Waals surface area contributed by atoms with Crippen LogP contribution in [-0.2, 0) is 11.2 Å². The van der Waals surface area contributed by atoms with Crippen molar-refractivity contribution in [2.24, 2.45) is 0 Å². The Kier molecular flexibility index (Phi) is 3.42. The summed E-state index contributed by atoms with van der Waals surface area (Å²) < 4.78 is 5.43. The van der Waals surface area contributed by atoms with Gasteiger partial charge in [-0.15, -0.1) is 0 Å². The van der Waals surface area contributed by atoms with Crippen LogP contribution in [-0.4, -0.2) is 12.5 Å². The quantitative estimate of drug-likeness (QED) is 0.922. The van der Waals surface area contributed by atoms with Crippen molar-refractivity contribution in [2.75, 3.05) is 11.9 Å². The summed E-state index contributed by atoms with van der Waals surface area (Å²) in [5, 5.41) is 2.94. The molecule has 1 heterocycles. The van der Waals surface area contributed by atoms with Gasteiger partial charge >= 0.3 is 0 Å². The summed E-state index contributed by atoms with van der Waals surface area (Å²) in [5.74, 6) is 0.858. The van der Waals surface area contributed by atoms with E-state index in [9.17, 15) is 4.79 Å². The molecule has 1 aliphatic rings. The summed E-state index contributed by atoms with van der Waals surface area (Å²) in [6.07, 6.45) is 0.718. The Morgan fingerprint density at radius 1 is 1.10 bits per heavy atom. The Bertz CT molecular complexity index is 619. The lowest BCUT2D eigenvalue weighted by Gasteiger charge is -2.10. The van der Waals surface area contributed by atoms with Crippen LogP contribution in [0.3, 0.4) is 0 Å². The van der Waals surface area contributed by atoms with Gasteiger partial charge in [-0.05, 0) is 42.7 Å². The molecule has 0 aliphatic carbocycles. The van der Waals surface area contributed by atoms with Crippen LogP contribution in [0.4, 0.5) is 5.69 Å². The Hall–Kier alpha value is -2.29. The third-order valence-corrected chi connectivity index (χ3v) is 3.58. The lowest BCUT2D eigenvalue weighted by Crippen LogP contribution is -2.14. The molecular formula is C17H17NO2. The molecule has 1 atom stereocenters. The number of carbonyl (C=O) groups excluding carboxylic acids is 1. The predicted octanol–water partition coefficient (Wildman–Crippen LogP) is 3.36. The van der Waals surface area contributed by atoms with Gasteiger partial charge in [-0.25, -0.2) is 0 Å². The molecular weight excluding hydrogens is 250 g/mol. The number of hydrogen-bond donors (Lipinski definition) is 1. The maximum Gasteiger partial charge on any atom is 0.232 e. The minimum Gasteiger partial charge on any atom is -0.494 e. The molecule has 102 valence electrons. The van der Waals surface area contributed by atoms with Crippen LogP contribution in [0.25, 0.3) is 0 Å². The molecule has 3 rings (SSSR count). The average Bonchev–Trinajstić information content (AvgIpc) is 2.78. The zero-order valence-corrected chi connectivity index (χ0v) is 11.4. The summed E-state index contributed by atoms with van der Waals surface area (Å²) in [6, 6.07) is 15.9. The predicted molar refractivity (Wildman–Crippen MR) is 79.1 cm³/mol. The number of rotatable bonds is 4. The summed E-state index contributed by atoms with van der Waals surface area (Å²) in [6.45, 7) is 2.63. The first-order valence-electron chi connectivity index (χ1n) is 6.89. The van der Waals surface area contributed by atoms with Crippen LogP contribution >= 0.6 is 0 Å². The van der Waals surface area contributed by atoms with Gasteiger partial charge in [-0.1, -0.05) is 30.3 Å². The largest absolute Gasteiger partial charge is 0.494 e. The normalized spacial score (nSPS) is 16.6. The van der Waals surface area contributed by atoms with E-state index in [1.54, 1.807) is 0 Å². The van der Waals surface area contributed by atoms with Gasteiger partial charge in [0.2, 0.25) is 5.91 Å². The van der Waals surface area contributed by atoms with Gasteiger partial charge in [0.05, 0.1) is 12.5 Å². The van der Waals surface area contributed by atoms with E-state index < -0.39 is 0 Å². The number of hydrogen-bond acceptors (Lipinski definition) is 2. The highest BCUT2D eigenvalue weighted by molar-refractivity contribution is 6.03. The van der Waals surface area contributed by atoms with Crippen molar-refractivity contribution in [3.8, 4) is 5.75 Å². The molecule has 3 heteroatoms. The molecule has 0 fully saturated rings. The second kappa shape index (κ2) is 5.37. The molecule has 0 bridgehead atoms. The third kappa shape index (κ3) is 2.39. The lowest BCUT2D eigenvalue weighted by atomic mass is 9.93. The highest BCUT2D eigenvalue weighted by Gasteiger charge is 2.29. The zero-order chi connectivity index (χ0) is 13.9. The van der Waals surface area contributed by atoms with E-state index in [1.807, 2.05) is 55.5 Å². The first kappa shape index (κ1) is 12.7. The van der Waals surface area contributed by atoms with Gasteiger partial charge in [-0.3, -0.25) is 4.79 Å². The second-order valence-corrected chi connectivity index (χ2v) is 4.91. The minimum absolute atomic E-state index is 0.0834. The molecule has 0 unspecified atom stereocenters. The summed E-state index contributed by atoms with van der Waals surface area (Å²) in [7, 11) is 0. The van der Waals surface area contributed by atoms with Crippen LogP contribution in [0.2, 0.25) is 0 Å². The van der Waals surface area contributed by atoms with Crippen molar-refractivity contribution < 1.29 is 9.53 Å². The number of carbonyl (C=O) groups is 1. The molecule has 1 N–H and O–H groups in total. The Balaban J connectivity index is 1.79. The van der Waals surface area contributed by atoms with Crippen molar-refractivity contribution in [3.05, 3.63) is 59.7 Å². The number of fused-ring (bicyclic) bond motifs is 1. The highest BCUT2D eigenvalue weighted by Crippen LogP contribution is 2.34. The van der Waals surface area contributed by atoms with E-state index in [-0.39, 0.29) is 11.8 Å². The van der Waals surface area contributed by atoms with Crippen molar-refractivity contribution in [3.63, 3.8) is 0 Å². The van der Waals surface area contributed by atoms with Gasteiger partial charge in [0.15, 0.2) is 0 Å². The van der Waals surface area contributed by atoms with Gasteiger partial charge in [0.1, 0.15) is 5.75 Å². The van der Waals surface area contributed by atoms with Crippen molar-refractivity contribution in [2.45, 2.75) is 19.3 Å². The SMILES string of the molecule is CCOc1ccc(C[C@@H]2C(=O)Nc3ccccc32)cc1. The number of anilines is 1. The molecule has 2 aromatic carbocycles. The fourth-order valence-electron chi connectivity index (χ4n) is 2.60. The first-order valence-corrected chi connectivity index (χ1v) is 6.89. The maximum absolute atomic E-state index is 12.1. The molecule has 1 aliphatic heterocycles. The standard InChI is InChI=1S/C17H17NO2/c1-2-20-13-9-7-12(8-10-13)11-15-14-5-3-4-6-16(14)18-17(15)19/h3-10,15H,2,11H2,1H3,(H,18,19)/t15-/m0/s1. The first-order chi connectivity index (χ1) is 9.78. The summed E-state index contributed by atoms with van der Waals surface area (Å²) >= 11 is 0. The fourth-order valence-corrected chi connectivity index (χ4v) is 2.60. The Morgan fingerprint density at radius 2 is 1.85 bits per heavy atom. The third-order valence-electron chi connectivity index (χ3n) is 3.58. The van der Waals surface area contributed by atoms with Crippen molar-refractivity contribution in [1.82, 2.24) is 0 Å². The van der Waals surface area contributed by atoms with Gasteiger partial charge in [0, 0.05) is 5.69 Å². The van der Waals surface area contributed by atoms with Crippen LogP contribution < -0.4 is 10.1 Å². The van der Waals surface area contributed by atoms with Crippen LogP contribution in [0.5, 0.6) is 5.75 Å². The number of benzene rings is 2. The fraction of sp³-hybridized carbons (Fsp3) is 0.235. The topological polar surface area (TPSA) is 38.3 Å². The monoisotopic (exact) mass is 267 g/mol. The number of amides is 1. The highest BCUT2D eigenvalue weighted by atomic mass is 16.5. The molecule has 1 amide bonds. The molecule has 0 radical (unpaired) electrons. The summed E-state index contributed by atoms with van der Waals surface area (Å²) in [5.41, 5.74) is 3.17. The van der Waals surface area contributed by atoms with E-state index in [1.165, 1.54) is 0 Å². The number of para-hydroxylation sites is 1. The number of nitrogens with one attached hydrogen (secondary N) is 1. The Labute approximate surface area is 118 Å². The molecule has 20 heavy (non-hydrogen) atoms. The molecule has 0 spiro atoms. The molecule has 0 saturated carbocycles. The van der Waals surface area contributed by atoms with Gasteiger partial charge in [0.25, 0.3) is 0 Å². The average molecular weight is 267 g/mol. The van der Waals surface area contributed by atoms with Crippen molar-refractivity contribution in [1.29, 1.82) is 0 Å². The zero-order valence-electron chi connectivity index (χ0n) is 11.4. The van der Waals surface area contributed by atoms with Crippen LogP contribution in [0.15, 0.2) is 48.5 Å². The van der Waals surface area contributed by atoms with E-state index in [0.717, 1.165) is 29.0 Å². The molecule has 2 aromatic rings. The molecule has 0 aromatic heterocycles. The minimum atomic E-state index is -0.0934. The van der Waals surface area contributed by atoms with E-state index >= 15 is 0 Å². The van der Waals surface area contributed by atoms with E-state index in [0.29, 0.717) is 6.61 Å². The molecule has 3 nitrogen and oxygen atoms in total. The van der Waals surface area contributed by atoms with E-state index in [2.05, 4.69) is 5.32 Å². The van der Waals surface area contributed by atoms with Gasteiger partial charge in [-0.2, -0.15) is 0 Å². The van der Waals surface area contributed by atoms with Gasteiger partial charge < -0.3 is 10.1 Å². The van der Waals surface area contributed by atoms with Crippen molar-refractivity contribution >= 4 is 11.6 Å². The van der Waals surface area contributed by atoms with Crippen LogP contribution in [0.1, 0.15) is 24.0 Å². The van der Waals surface area contributed by atoms with E-state index in [4.69, 9.17) is 4.74 Å².